The first-order chi connectivity index (χ1) is 8.04. The van der Waals surface area contributed by atoms with Crippen molar-refractivity contribution in [2.24, 2.45) is 17.8 Å². The van der Waals surface area contributed by atoms with Gasteiger partial charge in [0.05, 0.1) is 5.92 Å². The molecule has 4 heteroatoms. The Morgan fingerprint density at radius 1 is 1.35 bits per heavy atom. The van der Waals surface area contributed by atoms with E-state index in [1.807, 2.05) is 0 Å². The van der Waals surface area contributed by atoms with Crippen LogP contribution in [0, 0.1) is 17.8 Å². The summed E-state index contributed by atoms with van der Waals surface area (Å²) in [5.74, 6) is -0.671. The molecule has 1 fully saturated rings. The fourth-order valence-corrected chi connectivity index (χ4v) is 2.22. The number of aliphatic carboxylic acids is 1. The summed E-state index contributed by atoms with van der Waals surface area (Å²) >= 11 is 0. The van der Waals surface area contributed by atoms with Crippen molar-refractivity contribution in [3.63, 3.8) is 0 Å². The van der Waals surface area contributed by atoms with Crippen LogP contribution in [-0.2, 0) is 9.59 Å². The van der Waals surface area contributed by atoms with Crippen LogP contribution >= 0.6 is 0 Å². The Balaban J connectivity index is 2.38. The third kappa shape index (κ3) is 4.36. The van der Waals surface area contributed by atoms with Crippen molar-refractivity contribution in [1.82, 2.24) is 5.32 Å². The Bertz CT molecular complexity index is 278. The van der Waals surface area contributed by atoms with Crippen LogP contribution in [0.2, 0.25) is 0 Å². The van der Waals surface area contributed by atoms with Crippen LogP contribution in [0.3, 0.4) is 0 Å². The topological polar surface area (TPSA) is 66.4 Å². The van der Waals surface area contributed by atoms with Crippen LogP contribution in [0.15, 0.2) is 0 Å². The lowest BCUT2D eigenvalue weighted by atomic mass is 9.81. The predicted molar refractivity (Wildman–Crippen MR) is 65.5 cm³/mol. The monoisotopic (exact) mass is 241 g/mol. The SMILES string of the molecule is CCC(C)CNC(=O)C1CCCC(C(=O)O)C1. The molecule has 0 heterocycles. The minimum absolute atomic E-state index is 0.0382. The number of nitrogens with one attached hydrogen (secondary N) is 1. The third-order valence-electron chi connectivity index (χ3n) is 3.72. The van der Waals surface area contributed by atoms with E-state index in [2.05, 4.69) is 19.2 Å². The van der Waals surface area contributed by atoms with Gasteiger partial charge in [0, 0.05) is 12.5 Å². The molecule has 1 aliphatic rings. The van der Waals surface area contributed by atoms with Gasteiger partial charge in [-0.25, -0.2) is 0 Å². The molecule has 98 valence electrons. The van der Waals surface area contributed by atoms with Crippen molar-refractivity contribution >= 4 is 11.9 Å². The lowest BCUT2D eigenvalue weighted by Crippen LogP contribution is -2.37. The highest BCUT2D eigenvalue weighted by molar-refractivity contribution is 5.80. The summed E-state index contributed by atoms with van der Waals surface area (Å²) in [5.41, 5.74) is 0. The fraction of sp³-hybridized carbons (Fsp3) is 0.846. The molecule has 17 heavy (non-hydrogen) atoms. The Morgan fingerprint density at radius 3 is 2.59 bits per heavy atom. The van der Waals surface area contributed by atoms with Gasteiger partial charge in [-0.05, 0) is 25.2 Å². The molecule has 0 spiro atoms. The van der Waals surface area contributed by atoms with E-state index in [1.54, 1.807) is 0 Å². The maximum absolute atomic E-state index is 11.9. The normalized spacial score (nSPS) is 26.2. The standard InChI is InChI=1S/C13H23NO3/c1-3-9(2)8-14-12(15)10-5-4-6-11(7-10)13(16)17/h9-11H,3-8H2,1-2H3,(H,14,15)(H,16,17). The van der Waals surface area contributed by atoms with Gasteiger partial charge in [0.2, 0.25) is 5.91 Å². The fourth-order valence-electron chi connectivity index (χ4n) is 2.22. The molecule has 0 aromatic carbocycles. The van der Waals surface area contributed by atoms with Gasteiger partial charge < -0.3 is 10.4 Å². The Kier molecular flexibility index (Phi) is 5.45. The molecule has 1 saturated carbocycles. The number of rotatable bonds is 5. The molecule has 0 aromatic heterocycles. The molecule has 0 bridgehead atoms. The van der Waals surface area contributed by atoms with Crippen LogP contribution in [-0.4, -0.2) is 23.5 Å². The maximum Gasteiger partial charge on any atom is 0.306 e. The first-order valence-corrected chi connectivity index (χ1v) is 6.55. The molecule has 1 rings (SSSR count). The zero-order chi connectivity index (χ0) is 12.8. The van der Waals surface area contributed by atoms with Crippen molar-refractivity contribution in [1.29, 1.82) is 0 Å². The summed E-state index contributed by atoms with van der Waals surface area (Å²) < 4.78 is 0. The van der Waals surface area contributed by atoms with Crippen LogP contribution < -0.4 is 5.32 Å². The summed E-state index contributed by atoms with van der Waals surface area (Å²) in [6.07, 6.45) is 3.93. The van der Waals surface area contributed by atoms with Gasteiger partial charge in [0.1, 0.15) is 0 Å². The van der Waals surface area contributed by atoms with Gasteiger partial charge in [-0.3, -0.25) is 9.59 Å². The first kappa shape index (κ1) is 14.0. The number of hydrogen-bond acceptors (Lipinski definition) is 2. The lowest BCUT2D eigenvalue weighted by Gasteiger charge is -2.26. The van der Waals surface area contributed by atoms with Gasteiger partial charge in [-0.15, -0.1) is 0 Å². The molecule has 0 saturated heterocycles. The van der Waals surface area contributed by atoms with E-state index in [1.165, 1.54) is 0 Å². The highest BCUT2D eigenvalue weighted by Gasteiger charge is 2.30. The second kappa shape index (κ2) is 6.62. The smallest absolute Gasteiger partial charge is 0.306 e. The quantitative estimate of drug-likeness (QED) is 0.774. The molecule has 1 amide bonds. The summed E-state index contributed by atoms with van der Waals surface area (Å²) in [6.45, 7) is 4.89. The van der Waals surface area contributed by atoms with Crippen LogP contribution in [0.5, 0.6) is 0 Å². The van der Waals surface area contributed by atoms with E-state index in [4.69, 9.17) is 5.11 Å². The van der Waals surface area contributed by atoms with Crippen molar-refractivity contribution < 1.29 is 14.7 Å². The van der Waals surface area contributed by atoms with Crippen LogP contribution in [0.4, 0.5) is 0 Å². The van der Waals surface area contributed by atoms with Gasteiger partial charge in [-0.1, -0.05) is 26.7 Å². The highest BCUT2D eigenvalue weighted by atomic mass is 16.4. The number of amides is 1. The molecular formula is C13H23NO3. The molecular weight excluding hydrogens is 218 g/mol. The summed E-state index contributed by atoms with van der Waals surface area (Å²) in [6, 6.07) is 0. The third-order valence-corrected chi connectivity index (χ3v) is 3.72. The second-order valence-electron chi connectivity index (χ2n) is 5.16. The van der Waals surface area contributed by atoms with Crippen LogP contribution in [0.1, 0.15) is 46.0 Å². The van der Waals surface area contributed by atoms with Gasteiger partial charge in [0.25, 0.3) is 0 Å². The summed E-state index contributed by atoms with van der Waals surface area (Å²) in [7, 11) is 0. The van der Waals surface area contributed by atoms with E-state index >= 15 is 0 Å². The van der Waals surface area contributed by atoms with E-state index in [0.29, 0.717) is 25.3 Å². The van der Waals surface area contributed by atoms with Gasteiger partial charge in [-0.2, -0.15) is 0 Å². The predicted octanol–water partition coefficient (Wildman–Crippen LogP) is 2.04. The molecule has 3 atom stereocenters. The lowest BCUT2D eigenvalue weighted by molar-refractivity contribution is -0.144. The molecule has 3 unspecified atom stereocenters. The molecule has 0 radical (unpaired) electrons. The minimum Gasteiger partial charge on any atom is -0.481 e. The zero-order valence-electron chi connectivity index (χ0n) is 10.7. The summed E-state index contributed by atoms with van der Waals surface area (Å²) in [5, 5.41) is 11.9. The number of carbonyl (C=O) groups is 2. The Hall–Kier alpha value is -1.06. The largest absolute Gasteiger partial charge is 0.481 e. The second-order valence-corrected chi connectivity index (χ2v) is 5.16. The van der Waals surface area contributed by atoms with E-state index in [0.717, 1.165) is 19.3 Å². The molecule has 2 N–H and O–H groups in total. The van der Waals surface area contributed by atoms with Crippen molar-refractivity contribution in [2.45, 2.75) is 46.0 Å². The molecule has 4 nitrogen and oxygen atoms in total. The first-order valence-electron chi connectivity index (χ1n) is 6.55. The van der Waals surface area contributed by atoms with Gasteiger partial charge >= 0.3 is 5.97 Å². The van der Waals surface area contributed by atoms with Crippen LogP contribution in [0.25, 0.3) is 0 Å². The van der Waals surface area contributed by atoms with E-state index in [9.17, 15) is 9.59 Å². The number of carboxylic acid groups (broad SMARTS) is 1. The molecule has 0 aromatic rings. The summed E-state index contributed by atoms with van der Waals surface area (Å²) in [4.78, 5) is 22.8. The van der Waals surface area contributed by atoms with Crippen molar-refractivity contribution in [3.8, 4) is 0 Å². The molecule has 1 aliphatic carbocycles. The average molecular weight is 241 g/mol. The number of carboxylic acids is 1. The number of carbonyl (C=O) groups excluding carboxylic acids is 1. The van der Waals surface area contributed by atoms with Crippen molar-refractivity contribution in [2.75, 3.05) is 6.54 Å². The zero-order valence-corrected chi connectivity index (χ0v) is 10.7. The molecule has 0 aliphatic heterocycles. The van der Waals surface area contributed by atoms with Gasteiger partial charge in [0.15, 0.2) is 0 Å². The minimum atomic E-state index is -0.760. The highest BCUT2D eigenvalue weighted by Crippen LogP contribution is 2.29. The Labute approximate surface area is 103 Å². The van der Waals surface area contributed by atoms with Crippen molar-refractivity contribution in [3.05, 3.63) is 0 Å². The Morgan fingerprint density at radius 2 is 2.00 bits per heavy atom. The number of hydrogen-bond donors (Lipinski definition) is 2. The average Bonchev–Trinajstić information content (AvgIpc) is 2.35. The maximum atomic E-state index is 11.9. The van der Waals surface area contributed by atoms with E-state index in [-0.39, 0.29) is 17.7 Å². The van der Waals surface area contributed by atoms with E-state index < -0.39 is 5.97 Å².